The van der Waals surface area contributed by atoms with Gasteiger partial charge in [-0.05, 0) is 125 Å². The molecule has 0 aliphatic carbocycles. The summed E-state index contributed by atoms with van der Waals surface area (Å²) in [5, 5.41) is 4.70. The van der Waals surface area contributed by atoms with Gasteiger partial charge in [0, 0.05) is 37.8 Å². The molecule has 0 unspecified atom stereocenters. The van der Waals surface area contributed by atoms with E-state index in [9.17, 15) is 0 Å². The van der Waals surface area contributed by atoms with Crippen LogP contribution in [0.4, 0.5) is 17.1 Å². The summed E-state index contributed by atoms with van der Waals surface area (Å²) < 4.78 is 8.58. The molecule has 0 bridgehead atoms. The quantitative estimate of drug-likeness (QED) is 0.176. The molecule has 0 amide bonds. The summed E-state index contributed by atoms with van der Waals surface area (Å²) >= 11 is 3.56. The van der Waals surface area contributed by atoms with Crippen LogP contribution in [0.3, 0.4) is 0 Å². The van der Waals surface area contributed by atoms with E-state index < -0.39 is 0 Å². The number of nitrogens with zero attached hydrogens (tertiary/aromatic N) is 3. The molecule has 10 aromatic rings. The highest BCUT2D eigenvalue weighted by atomic mass is 32.1. The van der Waals surface area contributed by atoms with Crippen molar-refractivity contribution in [3.8, 4) is 32.5 Å². The van der Waals surface area contributed by atoms with Crippen molar-refractivity contribution in [2.45, 2.75) is 0 Å². The van der Waals surface area contributed by atoms with Crippen LogP contribution in [0, 0.1) is 0 Å². The summed E-state index contributed by atoms with van der Waals surface area (Å²) in [5.41, 5.74) is 9.11. The second-order valence-electron chi connectivity index (χ2n) is 12.3. The molecule has 0 atom stereocenters. The first-order valence-electron chi connectivity index (χ1n) is 16.5. The van der Waals surface area contributed by atoms with Crippen LogP contribution in [-0.2, 0) is 0 Å². The van der Waals surface area contributed by atoms with Crippen molar-refractivity contribution in [2.24, 2.45) is 0 Å². The molecule has 0 saturated carbocycles. The minimum atomic E-state index is 0.615. The van der Waals surface area contributed by atoms with Crippen LogP contribution in [0.25, 0.3) is 74.6 Å². The average Bonchev–Trinajstić information content (AvgIpc) is 3.92. The van der Waals surface area contributed by atoms with Crippen molar-refractivity contribution in [1.29, 1.82) is 0 Å². The highest BCUT2D eigenvalue weighted by molar-refractivity contribution is 7.22. The second kappa shape index (κ2) is 11.8. The van der Waals surface area contributed by atoms with E-state index in [0.717, 1.165) is 49.8 Å². The number of hydrogen-bond donors (Lipinski definition) is 0. The molecular weight excluding hydrogens is 651 g/mol. The number of fused-ring (bicyclic) bond motifs is 4. The number of para-hydroxylation sites is 3. The Morgan fingerprint density at radius 1 is 0.440 bits per heavy atom. The first kappa shape index (κ1) is 28.9. The van der Waals surface area contributed by atoms with E-state index in [0.29, 0.717) is 5.89 Å². The van der Waals surface area contributed by atoms with E-state index >= 15 is 0 Å². The number of hydrogen-bond acceptors (Lipinski definition) is 6. The third kappa shape index (κ3) is 5.13. The van der Waals surface area contributed by atoms with Gasteiger partial charge in [0.05, 0.1) is 10.2 Å². The van der Waals surface area contributed by atoms with Crippen molar-refractivity contribution in [3.05, 3.63) is 164 Å². The van der Waals surface area contributed by atoms with E-state index in [1.165, 1.54) is 36.0 Å². The number of thiazole rings is 1. The molecule has 4 nitrogen and oxygen atoms in total. The lowest BCUT2D eigenvalue weighted by atomic mass is 10.0. The highest BCUT2D eigenvalue weighted by Crippen LogP contribution is 2.40. The molecule has 0 fully saturated rings. The van der Waals surface area contributed by atoms with Crippen molar-refractivity contribution >= 4 is 81.9 Å². The Hall–Kier alpha value is -6.08. The molecule has 0 N–H and O–H groups in total. The van der Waals surface area contributed by atoms with Crippen LogP contribution in [-0.4, -0.2) is 9.97 Å². The van der Waals surface area contributed by atoms with Gasteiger partial charge in [0.15, 0.2) is 5.58 Å². The topological polar surface area (TPSA) is 42.2 Å². The maximum Gasteiger partial charge on any atom is 0.227 e. The van der Waals surface area contributed by atoms with Gasteiger partial charge in [0.2, 0.25) is 5.89 Å². The predicted octanol–water partition coefficient (Wildman–Crippen LogP) is 13.3. The van der Waals surface area contributed by atoms with E-state index in [1.807, 2.05) is 41.7 Å². The summed E-state index contributed by atoms with van der Waals surface area (Å²) in [4.78, 5) is 13.2. The van der Waals surface area contributed by atoms with Gasteiger partial charge in [0.25, 0.3) is 0 Å². The fraction of sp³-hybridized carbons (Fsp3) is 0. The normalized spacial score (nSPS) is 11.6. The molecule has 6 heteroatoms. The summed E-state index contributed by atoms with van der Waals surface area (Å²) in [6, 6.07) is 57.7. The number of anilines is 3. The Labute approximate surface area is 296 Å². The van der Waals surface area contributed by atoms with Gasteiger partial charge in [-0.3, -0.25) is 0 Å². The molecule has 10 rings (SSSR count). The van der Waals surface area contributed by atoms with Crippen LogP contribution < -0.4 is 4.90 Å². The van der Waals surface area contributed by atoms with Gasteiger partial charge in [-0.15, -0.1) is 22.7 Å². The van der Waals surface area contributed by atoms with Crippen LogP contribution in [0.2, 0.25) is 0 Å². The van der Waals surface area contributed by atoms with Gasteiger partial charge >= 0.3 is 0 Å². The summed E-state index contributed by atoms with van der Waals surface area (Å²) in [6.45, 7) is 0. The van der Waals surface area contributed by atoms with Gasteiger partial charge in [-0.25, -0.2) is 9.97 Å². The zero-order valence-corrected chi connectivity index (χ0v) is 28.3. The smallest absolute Gasteiger partial charge is 0.227 e. The summed E-state index contributed by atoms with van der Waals surface area (Å²) in [5.74, 6) is 0.615. The van der Waals surface area contributed by atoms with Gasteiger partial charge in [-0.1, -0.05) is 60.7 Å². The molecule has 3 aromatic heterocycles. The molecule has 0 spiro atoms. The molecule has 7 aromatic carbocycles. The minimum Gasteiger partial charge on any atom is -0.436 e. The lowest BCUT2D eigenvalue weighted by Gasteiger charge is -2.26. The molecule has 236 valence electrons. The largest absolute Gasteiger partial charge is 0.436 e. The Morgan fingerprint density at radius 3 is 1.88 bits per heavy atom. The Bertz CT molecular complexity index is 2610. The lowest BCUT2D eigenvalue weighted by Crippen LogP contribution is -2.09. The number of aromatic nitrogens is 2. The number of thiophene rings is 1. The van der Waals surface area contributed by atoms with E-state index in [4.69, 9.17) is 14.4 Å². The molecule has 0 aliphatic heterocycles. The Kier molecular flexibility index (Phi) is 6.82. The zero-order valence-electron chi connectivity index (χ0n) is 26.7. The second-order valence-corrected chi connectivity index (χ2v) is 14.4. The number of benzene rings is 7. The van der Waals surface area contributed by atoms with Crippen molar-refractivity contribution in [2.75, 3.05) is 4.90 Å². The van der Waals surface area contributed by atoms with Crippen molar-refractivity contribution in [3.63, 3.8) is 0 Å². The predicted molar refractivity (Wildman–Crippen MR) is 211 cm³/mol. The van der Waals surface area contributed by atoms with E-state index in [-0.39, 0.29) is 0 Å². The van der Waals surface area contributed by atoms with Crippen LogP contribution in [0.15, 0.2) is 168 Å². The summed E-state index contributed by atoms with van der Waals surface area (Å²) in [6.07, 6.45) is 0. The van der Waals surface area contributed by atoms with Crippen molar-refractivity contribution in [1.82, 2.24) is 9.97 Å². The Balaban J connectivity index is 1.06. The van der Waals surface area contributed by atoms with Crippen LogP contribution in [0.5, 0.6) is 0 Å². The monoisotopic (exact) mass is 677 g/mol. The SMILES string of the molecule is c1ccc2sc(-c3ccc4ccc(N(c5ccc(-c6nc7ccccc7o6)cc5)c5ccc(-c6nc7ccccc7s6)cc5)cc4c3)cc2c1. The van der Waals surface area contributed by atoms with Crippen molar-refractivity contribution < 1.29 is 4.42 Å². The van der Waals surface area contributed by atoms with Gasteiger partial charge in [-0.2, -0.15) is 0 Å². The van der Waals surface area contributed by atoms with E-state index in [2.05, 4.69) is 138 Å². The fourth-order valence-corrected chi connectivity index (χ4v) is 8.63. The maximum atomic E-state index is 6.09. The minimum absolute atomic E-state index is 0.615. The first-order chi connectivity index (χ1) is 24.7. The zero-order chi connectivity index (χ0) is 33.0. The van der Waals surface area contributed by atoms with E-state index in [1.54, 1.807) is 11.3 Å². The summed E-state index contributed by atoms with van der Waals surface area (Å²) in [7, 11) is 0. The van der Waals surface area contributed by atoms with Crippen LogP contribution in [0.1, 0.15) is 0 Å². The highest BCUT2D eigenvalue weighted by Gasteiger charge is 2.16. The Morgan fingerprint density at radius 2 is 1.10 bits per heavy atom. The average molecular weight is 678 g/mol. The maximum absolute atomic E-state index is 6.09. The molecular formula is C44H27N3OS2. The molecule has 3 heterocycles. The number of rotatable bonds is 6. The third-order valence-electron chi connectivity index (χ3n) is 9.12. The van der Waals surface area contributed by atoms with Gasteiger partial charge in [0.1, 0.15) is 10.5 Å². The van der Waals surface area contributed by atoms with Gasteiger partial charge < -0.3 is 9.32 Å². The van der Waals surface area contributed by atoms with Crippen LogP contribution >= 0.6 is 22.7 Å². The third-order valence-corrected chi connectivity index (χ3v) is 11.4. The number of oxazole rings is 1. The standard InChI is InChI=1S/C44H27N3OS2/c1-5-11-40-31(7-1)27-42(49-40)32-14-13-28-15-24-36(26-33(28)25-32)47(34-20-16-29(17-21-34)43-45-37-8-2-4-10-39(37)48-43)35-22-18-30(19-23-35)44-46-38-9-3-6-12-41(38)50-44/h1-27H. The molecule has 50 heavy (non-hydrogen) atoms. The fourth-order valence-electron chi connectivity index (χ4n) is 6.60. The molecule has 0 aliphatic rings. The molecule has 0 radical (unpaired) electrons. The molecule has 0 saturated heterocycles. The first-order valence-corrected chi connectivity index (χ1v) is 18.1. The lowest BCUT2D eigenvalue weighted by molar-refractivity contribution is 0.620.